The SMILES string of the molecule is CCCCCCCCCCC/C=C/CCCOC[C@H](O)[C@@H]1OC[C@@H](O)[C@@H]1O. The number of unbranched alkanes of at least 4 members (excludes halogenated alkanes) is 10. The summed E-state index contributed by atoms with van der Waals surface area (Å²) in [6.45, 7) is 3.02. The number of hydrogen-bond acceptors (Lipinski definition) is 5. The Morgan fingerprint density at radius 1 is 0.926 bits per heavy atom. The third-order valence-electron chi connectivity index (χ3n) is 5.16. The first kappa shape index (κ1) is 24.6. The van der Waals surface area contributed by atoms with Crippen molar-refractivity contribution in [3.63, 3.8) is 0 Å². The van der Waals surface area contributed by atoms with Gasteiger partial charge in [-0.1, -0.05) is 70.4 Å². The zero-order chi connectivity index (χ0) is 19.7. The van der Waals surface area contributed by atoms with E-state index >= 15 is 0 Å². The fourth-order valence-electron chi connectivity index (χ4n) is 3.38. The van der Waals surface area contributed by atoms with Crippen LogP contribution in [0.5, 0.6) is 0 Å². The predicted molar refractivity (Wildman–Crippen MR) is 109 cm³/mol. The highest BCUT2D eigenvalue weighted by Crippen LogP contribution is 2.18. The Labute approximate surface area is 165 Å². The molecule has 0 aromatic heterocycles. The minimum Gasteiger partial charge on any atom is -0.388 e. The standard InChI is InChI=1S/C22H42O5/c1-2-3-4-5-6-7-8-9-10-11-12-13-14-15-16-26-17-20(24)22-21(25)19(23)18-27-22/h12-13,19-25H,2-11,14-18H2,1H3/b13-12+/t19-,20+,21+,22+/m1/s1. The summed E-state index contributed by atoms with van der Waals surface area (Å²) < 4.78 is 10.6. The van der Waals surface area contributed by atoms with Crippen LogP contribution in [-0.4, -0.2) is 59.6 Å². The number of allylic oxidation sites excluding steroid dienone is 2. The first-order chi connectivity index (χ1) is 13.2. The highest BCUT2D eigenvalue weighted by Gasteiger charge is 2.39. The van der Waals surface area contributed by atoms with Gasteiger partial charge < -0.3 is 24.8 Å². The molecular weight excluding hydrogens is 344 g/mol. The lowest BCUT2D eigenvalue weighted by Crippen LogP contribution is -2.40. The molecule has 1 rings (SSSR count). The first-order valence-electron chi connectivity index (χ1n) is 11.0. The van der Waals surface area contributed by atoms with E-state index in [9.17, 15) is 15.3 Å². The molecule has 1 aliphatic rings. The Morgan fingerprint density at radius 2 is 1.52 bits per heavy atom. The number of rotatable bonds is 17. The first-order valence-corrected chi connectivity index (χ1v) is 11.0. The Morgan fingerprint density at radius 3 is 2.11 bits per heavy atom. The normalized spacial score (nSPS) is 24.1. The maximum atomic E-state index is 9.92. The summed E-state index contributed by atoms with van der Waals surface area (Å²) in [5.74, 6) is 0. The molecule has 0 radical (unpaired) electrons. The molecule has 4 atom stereocenters. The Kier molecular flexibility index (Phi) is 15.0. The van der Waals surface area contributed by atoms with E-state index in [1.165, 1.54) is 57.8 Å². The molecule has 0 unspecified atom stereocenters. The average molecular weight is 387 g/mol. The summed E-state index contributed by atoms with van der Waals surface area (Å²) in [5.41, 5.74) is 0. The predicted octanol–water partition coefficient (Wildman–Crippen LogP) is 3.74. The molecule has 0 aromatic rings. The van der Waals surface area contributed by atoms with E-state index < -0.39 is 24.4 Å². The smallest absolute Gasteiger partial charge is 0.114 e. The van der Waals surface area contributed by atoms with Crippen LogP contribution in [0.4, 0.5) is 0 Å². The van der Waals surface area contributed by atoms with E-state index in [1.54, 1.807) is 0 Å². The van der Waals surface area contributed by atoms with Gasteiger partial charge in [0.15, 0.2) is 0 Å². The molecule has 1 aliphatic heterocycles. The Hall–Kier alpha value is -0.460. The summed E-state index contributed by atoms with van der Waals surface area (Å²) >= 11 is 0. The van der Waals surface area contributed by atoms with Crippen LogP contribution in [-0.2, 0) is 9.47 Å². The lowest BCUT2D eigenvalue weighted by molar-refractivity contribution is -0.0811. The van der Waals surface area contributed by atoms with Crippen molar-refractivity contribution < 1.29 is 24.8 Å². The maximum absolute atomic E-state index is 9.92. The van der Waals surface area contributed by atoms with Crippen LogP contribution in [0.25, 0.3) is 0 Å². The van der Waals surface area contributed by atoms with Crippen LogP contribution in [0.1, 0.15) is 84.0 Å². The van der Waals surface area contributed by atoms with E-state index in [0.29, 0.717) is 6.61 Å². The van der Waals surface area contributed by atoms with E-state index in [-0.39, 0.29) is 13.2 Å². The fraction of sp³-hybridized carbons (Fsp3) is 0.909. The zero-order valence-electron chi connectivity index (χ0n) is 17.2. The molecule has 160 valence electrons. The third kappa shape index (κ3) is 11.9. The van der Waals surface area contributed by atoms with Crippen molar-refractivity contribution in [2.45, 2.75) is 108 Å². The van der Waals surface area contributed by atoms with E-state index in [2.05, 4.69) is 19.1 Å². The molecule has 27 heavy (non-hydrogen) atoms. The lowest BCUT2D eigenvalue weighted by atomic mass is 10.1. The van der Waals surface area contributed by atoms with Crippen LogP contribution in [0, 0.1) is 0 Å². The van der Waals surface area contributed by atoms with Crippen molar-refractivity contribution in [1.29, 1.82) is 0 Å². The fourth-order valence-corrected chi connectivity index (χ4v) is 3.38. The molecule has 5 nitrogen and oxygen atoms in total. The second kappa shape index (κ2) is 16.5. The molecule has 0 bridgehead atoms. The Bertz CT molecular complexity index is 361. The van der Waals surface area contributed by atoms with Crippen molar-refractivity contribution >= 4 is 0 Å². The summed E-state index contributed by atoms with van der Waals surface area (Å²) in [7, 11) is 0. The monoisotopic (exact) mass is 386 g/mol. The van der Waals surface area contributed by atoms with Crippen LogP contribution < -0.4 is 0 Å². The van der Waals surface area contributed by atoms with E-state index in [0.717, 1.165) is 19.3 Å². The van der Waals surface area contributed by atoms with Gasteiger partial charge in [-0.05, 0) is 25.7 Å². The summed E-state index contributed by atoms with van der Waals surface area (Å²) in [5, 5.41) is 29.0. The minimum atomic E-state index is -1.03. The average Bonchev–Trinajstić information content (AvgIpc) is 3.00. The number of aliphatic hydroxyl groups is 3. The van der Waals surface area contributed by atoms with Crippen molar-refractivity contribution in [2.75, 3.05) is 19.8 Å². The highest BCUT2D eigenvalue weighted by molar-refractivity contribution is 4.87. The van der Waals surface area contributed by atoms with Crippen LogP contribution in [0.15, 0.2) is 12.2 Å². The molecule has 0 spiro atoms. The van der Waals surface area contributed by atoms with Crippen LogP contribution in [0.3, 0.4) is 0 Å². The number of aliphatic hydroxyl groups excluding tert-OH is 3. The van der Waals surface area contributed by atoms with Gasteiger partial charge in [0.25, 0.3) is 0 Å². The molecule has 1 saturated heterocycles. The number of ether oxygens (including phenoxy) is 2. The highest BCUT2D eigenvalue weighted by atomic mass is 16.5. The molecular formula is C22H42O5. The van der Waals surface area contributed by atoms with Crippen molar-refractivity contribution in [3.8, 4) is 0 Å². The second-order valence-electron chi connectivity index (χ2n) is 7.73. The molecule has 0 aliphatic carbocycles. The van der Waals surface area contributed by atoms with Gasteiger partial charge >= 0.3 is 0 Å². The van der Waals surface area contributed by atoms with Gasteiger partial charge in [0.1, 0.15) is 24.4 Å². The maximum Gasteiger partial charge on any atom is 0.114 e. The zero-order valence-corrected chi connectivity index (χ0v) is 17.2. The van der Waals surface area contributed by atoms with E-state index in [1.807, 2.05) is 0 Å². The van der Waals surface area contributed by atoms with Crippen molar-refractivity contribution in [2.24, 2.45) is 0 Å². The molecule has 0 saturated carbocycles. The molecule has 5 heteroatoms. The van der Waals surface area contributed by atoms with Gasteiger partial charge in [0, 0.05) is 6.61 Å². The molecule has 0 aromatic carbocycles. The number of hydrogen-bond donors (Lipinski definition) is 3. The largest absolute Gasteiger partial charge is 0.388 e. The van der Waals surface area contributed by atoms with Crippen LogP contribution in [0.2, 0.25) is 0 Å². The molecule has 1 heterocycles. The summed E-state index contributed by atoms with van der Waals surface area (Å²) in [6.07, 6.45) is 16.2. The van der Waals surface area contributed by atoms with Gasteiger partial charge in [0.05, 0.1) is 13.2 Å². The molecule has 0 amide bonds. The molecule has 1 fully saturated rings. The quantitative estimate of drug-likeness (QED) is 0.262. The van der Waals surface area contributed by atoms with Gasteiger partial charge in [-0.2, -0.15) is 0 Å². The second-order valence-corrected chi connectivity index (χ2v) is 7.73. The Balaban J connectivity index is 1.83. The van der Waals surface area contributed by atoms with Crippen LogP contribution >= 0.6 is 0 Å². The van der Waals surface area contributed by atoms with Gasteiger partial charge in [0.2, 0.25) is 0 Å². The van der Waals surface area contributed by atoms with Gasteiger partial charge in [-0.15, -0.1) is 0 Å². The minimum absolute atomic E-state index is 0.0621. The van der Waals surface area contributed by atoms with Gasteiger partial charge in [-0.25, -0.2) is 0 Å². The van der Waals surface area contributed by atoms with E-state index in [4.69, 9.17) is 9.47 Å². The topological polar surface area (TPSA) is 79.2 Å². The van der Waals surface area contributed by atoms with Gasteiger partial charge in [-0.3, -0.25) is 0 Å². The van der Waals surface area contributed by atoms with Crippen molar-refractivity contribution in [3.05, 3.63) is 12.2 Å². The lowest BCUT2D eigenvalue weighted by Gasteiger charge is -2.20. The molecule has 3 N–H and O–H groups in total. The van der Waals surface area contributed by atoms with Crippen molar-refractivity contribution in [1.82, 2.24) is 0 Å². The summed E-state index contributed by atoms with van der Waals surface area (Å²) in [6, 6.07) is 0. The third-order valence-corrected chi connectivity index (χ3v) is 5.16. The summed E-state index contributed by atoms with van der Waals surface area (Å²) in [4.78, 5) is 0.